The lowest BCUT2D eigenvalue weighted by Crippen LogP contribution is -2.41. The summed E-state index contributed by atoms with van der Waals surface area (Å²) in [6, 6.07) is 4.75. The first-order valence-corrected chi connectivity index (χ1v) is 13.5. The molecule has 0 saturated carbocycles. The van der Waals surface area contributed by atoms with E-state index in [1.165, 1.54) is 36.3 Å². The topological polar surface area (TPSA) is 129 Å². The second-order valence-electron chi connectivity index (χ2n) is 10.5. The Morgan fingerprint density at radius 2 is 2.10 bits per heavy atom. The van der Waals surface area contributed by atoms with Crippen LogP contribution in [0.2, 0.25) is 5.02 Å². The molecule has 0 bridgehead atoms. The number of hydrazone groups is 1. The van der Waals surface area contributed by atoms with Gasteiger partial charge >= 0.3 is 12.1 Å². The van der Waals surface area contributed by atoms with Crippen molar-refractivity contribution in [3.63, 3.8) is 0 Å². The molecule has 4 N–H and O–H groups in total. The number of aromatic nitrogens is 2. The van der Waals surface area contributed by atoms with E-state index in [1.54, 1.807) is 13.0 Å². The number of anilines is 3. The fourth-order valence-electron chi connectivity index (χ4n) is 5.34. The number of alkyl halides is 3. The fraction of sp³-hybridized carbons (Fsp3) is 0.481. The Labute approximate surface area is 241 Å². The van der Waals surface area contributed by atoms with E-state index in [4.69, 9.17) is 22.1 Å². The van der Waals surface area contributed by atoms with Crippen LogP contribution in [0.15, 0.2) is 42.0 Å². The van der Waals surface area contributed by atoms with Crippen LogP contribution in [0.5, 0.6) is 5.88 Å². The highest BCUT2D eigenvalue weighted by Crippen LogP contribution is 2.43. The third-order valence-electron chi connectivity index (χ3n) is 7.43. The molecule has 2 fully saturated rings. The van der Waals surface area contributed by atoms with E-state index in [-0.39, 0.29) is 33.5 Å². The zero-order valence-corrected chi connectivity index (χ0v) is 23.5. The summed E-state index contributed by atoms with van der Waals surface area (Å²) in [5.41, 5.74) is 6.29. The van der Waals surface area contributed by atoms with Gasteiger partial charge in [-0.15, -0.1) is 6.58 Å². The predicted octanol–water partition coefficient (Wildman–Crippen LogP) is 4.82. The van der Waals surface area contributed by atoms with Crippen LogP contribution in [-0.2, 0) is 4.79 Å². The lowest BCUT2D eigenvalue weighted by atomic mass is 9.76. The molecule has 2 atom stereocenters. The number of carbonyl (C=O) groups is 1. The minimum absolute atomic E-state index is 0.108. The molecule has 2 aliphatic rings. The van der Waals surface area contributed by atoms with Gasteiger partial charge < -0.3 is 25.8 Å². The maximum absolute atomic E-state index is 14.5. The normalized spacial score (nSPS) is 19.7. The monoisotopic (exact) mass is 595 g/mol. The number of allylic oxidation sites excluding steroid dienone is 1. The number of piperidine rings is 1. The number of hydrogen-bond donors (Lipinski definition) is 3. The van der Waals surface area contributed by atoms with Crippen LogP contribution in [0.1, 0.15) is 44.3 Å². The number of nitrogens with two attached hydrogens (primary N) is 1. The van der Waals surface area contributed by atoms with Gasteiger partial charge in [-0.2, -0.15) is 28.2 Å². The molecule has 0 aliphatic carbocycles. The van der Waals surface area contributed by atoms with Gasteiger partial charge in [0.1, 0.15) is 11.9 Å². The molecule has 0 unspecified atom stereocenters. The summed E-state index contributed by atoms with van der Waals surface area (Å²) < 4.78 is 48.9. The van der Waals surface area contributed by atoms with E-state index in [1.807, 2.05) is 4.90 Å². The zero-order chi connectivity index (χ0) is 29.9. The Morgan fingerprint density at radius 3 is 2.71 bits per heavy atom. The van der Waals surface area contributed by atoms with Gasteiger partial charge in [0, 0.05) is 55.5 Å². The lowest BCUT2D eigenvalue weighted by molar-refractivity contribution is -0.198. The van der Waals surface area contributed by atoms with Gasteiger partial charge in [0.05, 0.1) is 5.69 Å². The van der Waals surface area contributed by atoms with Crippen molar-refractivity contribution in [3.8, 4) is 5.88 Å². The first-order chi connectivity index (χ1) is 19.3. The van der Waals surface area contributed by atoms with Crippen molar-refractivity contribution in [1.82, 2.24) is 15.3 Å². The van der Waals surface area contributed by atoms with Crippen LogP contribution in [0.4, 0.5) is 30.6 Å². The SMILES string of the molecule is C=CC/C(C)=N\N(C)c1cc(Cl)ccc1[C@@H](Oc1cc(N2CCC3(CC2)CN[C@H](C(=O)O)C3)nc(N)n1)C(F)(F)F. The van der Waals surface area contributed by atoms with E-state index in [0.29, 0.717) is 56.8 Å². The second kappa shape index (κ2) is 12.1. The number of ether oxygens (including phenoxy) is 1. The van der Waals surface area contributed by atoms with Gasteiger partial charge in [0.25, 0.3) is 0 Å². The minimum atomic E-state index is -4.82. The van der Waals surface area contributed by atoms with Crippen LogP contribution >= 0.6 is 11.6 Å². The maximum Gasteiger partial charge on any atom is 0.429 e. The van der Waals surface area contributed by atoms with Crippen molar-refractivity contribution < 1.29 is 27.8 Å². The van der Waals surface area contributed by atoms with Gasteiger partial charge in [-0.3, -0.25) is 9.80 Å². The summed E-state index contributed by atoms with van der Waals surface area (Å²) in [5, 5.41) is 18.3. The highest BCUT2D eigenvalue weighted by molar-refractivity contribution is 6.30. The van der Waals surface area contributed by atoms with Gasteiger partial charge in [0.2, 0.25) is 17.9 Å². The molecule has 2 saturated heterocycles. The summed E-state index contributed by atoms with van der Waals surface area (Å²) in [7, 11) is 1.53. The number of carboxylic acids is 1. The van der Waals surface area contributed by atoms with Crippen LogP contribution in [0, 0.1) is 5.41 Å². The summed E-state index contributed by atoms with van der Waals surface area (Å²) in [5.74, 6) is -1.10. The molecule has 2 aliphatic heterocycles. The van der Waals surface area contributed by atoms with Gasteiger partial charge in [0.15, 0.2) is 0 Å². The predicted molar refractivity (Wildman–Crippen MR) is 152 cm³/mol. The van der Waals surface area contributed by atoms with Crippen LogP contribution in [-0.4, -0.2) is 65.7 Å². The van der Waals surface area contributed by atoms with Crippen molar-refractivity contribution in [2.45, 2.75) is 50.9 Å². The summed E-state index contributed by atoms with van der Waals surface area (Å²) >= 11 is 6.14. The van der Waals surface area contributed by atoms with Crippen molar-refractivity contribution in [2.75, 3.05) is 42.3 Å². The highest BCUT2D eigenvalue weighted by atomic mass is 35.5. The number of halogens is 4. The van der Waals surface area contributed by atoms with Crippen molar-refractivity contribution >= 4 is 40.7 Å². The number of benzene rings is 1. The second-order valence-corrected chi connectivity index (χ2v) is 10.9. The van der Waals surface area contributed by atoms with Crippen LogP contribution in [0.3, 0.4) is 0 Å². The standard InChI is InChI=1S/C27H33ClF3N7O3/c1-4-5-16(2)36-37(3)20-12-17(28)6-7-18(20)23(27(29,30)31)41-22-13-21(34-25(32)35-22)38-10-8-26(9-11-38)14-19(24(39)40)33-15-26/h4,6-7,12-13,19,23,33H,1,5,8-11,14-15H2,2-3H3,(H,39,40)(H2,32,34,35)/b36-16-/t19-,23+/m0/s1. The molecule has 4 rings (SSSR count). The van der Waals surface area contributed by atoms with Crippen LogP contribution < -0.4 is 25.7 Å². The molecule has 41 heavy (non-hydrogen) atoms. The van der Waals surface area contributed by atoms with Crippen molar-refractivity contribution in [3.05, 3.63) is 47.5 Å². The van der Waals surface area contributed by atoms with Gasteiger partial charge in [-0.05, 0) is 43.7 Å². The van der Waals surface area contributed by atoms with E-state index >= 15 is 0 Å². The Balaban J connectivity index is 1.59. The maximum atomic E-state index is 14.5. The summed E-state index contributed by atoms with van der Waals surface area (Å²) in [4.78, 5) is 21.4. The fourth-order valence-corrected chi connectivity index (χ4v) is 5.51. The molecule has 1 aromatic heterocycles. The number of carboxylic acid groups (broad SMARTS) is 1. The summed E-state index contributed by atoms with van der Waals surface area (Å²) in [6.07, 6.45) is -3.21. The quantitative estimate of drug-likeness (QED) is 0.212. The average Bonchev–Trinajstić information content (AvgIpc) is 3.31. The van der Waals surface area contributed by atoms with Crippen molar-refractivity contribution in [2.24, 2.45) is 10.5 Å². The Morgan fingerprint density at radius 1 is 1.39 bits per heavy atom. The molecule has 3 heterocycles. The number of aliphatic carboxylic acids is 1. The first-order valence-electron chi connectivity index (χ1n) is 13.1. The molecule has 1 spiro atoms. The Bertz CT molecular complexity index is 1320. The third-order valence-corrected chi connectivity index (χ3v) is 7.67. The van der Waals surface area contributed by atoms with E-state index in [0.717, 1.165) is 0 Å². The minimum Gasteiger partial charge on any atom is -0.480 e. The molecule has 10 nitrogen and oxygen atoms in total. The third kappa shape index (κ3) is 7.20. The Hall–Kier alpha value is -3.58. The molecule has 0 amide bonds. The van der Waals surface area contributed by atoms with E-state index in [2.05, 4.69) is 27.0 Å². The molecule has 1 aromatic carbocycles. The Kier molecular flexibility index (Phi) is 8.97. The zero-order valence-electron chi connectivity index (χ0n) is 22.8. The number of nitrogens with zero attached hydrogens (tertiary/aromatic N) is 5. The number of hydrogen-bond acceptors (Lipinski definition) is 9. The lowest BCUT2D eigenvalue weighted by Gasteiger charge is -2.39. The number of nitrogen functional groups attached to an aromatic ring is 1. The van der Waals surface area contributed by atoms with E-state index < -0.39 is 24.3 Å². The van der Waals surface area contributed by atoms with Gasteiger partial charge in [-0.1, -0.05) is 23.7 Å². The number of nitrogens with one attached hydrogen (secondary N) is 1. The van der Waals surface area contributed by atoms with Crippen molar-refractivity contribution in [1.29, 1.82) is 0 Å². The molecular weight excluding hydrogens is 563 g/mol. The molecule has 0 radical (unpaired) electrons. The van der Waals surface area contributed by atoms with Crippen LogP contribution in [0.25, 0.3) is 0 Å². The number of rotatable bonds is 9. The molecule has 2 aromatic rings. The molecule has 222 valence electrons. The molecular formula is C27H33ClF3N7O3. The smallest absolute Gasteiger partial charge is 0.429 e. The first kappa shape index (κ1) is 30.4. The molecule has 14 heteroatoms. The largest absolute Gasteiger partial charge is 0.480 e. The van der Waals surface area contributed by atoms with E-state index in [9.17, 15) is 23.1 Å². The summed E-state index contributed by atoms with van der Waals surface area (Å²) in [6.45, 7) is 7.05. The van der Waals surface area contributed by atoms with Gasteiger partial charge in [-0.25, -0.2) is 0 Å². The average molecular weight is 596 g/mol. The highest BCUT2D eigenvalue weighted by Gasteiger charge is 2.46.